The number of halogens is 2. The van der Waals surface area contributed by atoms with Gasteiger partial charge in [-0.3, -0.25) is 4.79 Å². The molecule has 0 fully saturated rings. The van der Waals surface area contributed by atoms with Gasteiger partial charge in [-0.1, -0.05) is 18.2 Å². The number of rotatable bonds is 7. The van der Waals surface area contributed by atoms with E-state index in [1.165, 1.54) is 0 Å². The van der Waals surface area contributed by atoms with Gasteiger partial charge in [0.15, 0.2) is 11.5 Å². The smallest absolute Gasteiger partial charge is 0.267 e. The van der Waals surface area contributed by atoms with Gasteiger partial charge in [-0.25, -0.2) is 0 Å². The Morgan fingerprint density at radius 3 is 2.75 bits per heavy atom. The van der Waals surface area contributed by atoms with Crippen LogP contribution in [0.5, 0.6) is 11.5 Å². The third-order valence-corrected chi connectivity index (χ3v) is 5.35. The van der Waals surface area contributed by atoms with E-state index in [1.807, 2.05) is 42.5 Å². The second-order valence-corrected chi connectivity index (χ2v) is 7.69. The van der Waals surface area contributed by atoms with Crippen LogP contribution in [0.2, 0.25) is 0 Å². The van der Waals surface area contributed by atoms with E-state index in [1.54, 1.807) is 0 Å². The summed E-state index contributed by atoms with van der Waals surface area (Å²) in [5.41, 5.74) is 3.46. The minimum Gasteiger partial charge on any atom is -0.454 e. The molecule has 146 valence electrons. The Balaban J connectivity index is 1.49. The van der Waals surface area contributed by atoms with E-state index < -0.39 is 0 Å². The van der Waals surface area contributed by atoms with Crippen LogP contribution in [0, 0.1) is 0 Å². The first-order valence-electron chi connectivity index (χ1n) is 9.15. The van der Waals surface area contributed by atoms with Crippen LogP contribution in [0.3, 0.4) is 0 Å². The Morgan fingerprint density at radius 2 is 1.89 bits per heavy atom. The molecule has 0 saturated heterocycles. The Kier molecular flexibility index (Phi) is 5.64. The van der Waals surface area contributed by atoms with E-state index in [0.29, 0.717) is 18.1 Å². The fourth-order valence-electron chi connectivity index (χ4n) is 3.20. The molecular weight excluding hydrogens is 399 g/mol. The number of hydrogen-bond donors (Lipinski definition) is 2. The van der Waals surface area contributed by atoms with Crippen molar-refractivity contribution in [3.8, 4) is 22.6 Å². The number of alkyl halides is 2. The first-order valence-corrected chi connectivity index (χ1v) is 10.1. The fraction of sp³-hybridized carbons (Fsp3) is 0.286. The van der Waals surface area contributed by atoms with Gasteiger partial charge in [-0.2, -0.15) is 0 Å². The predicted octanol–water partition coefficient (Wildman–Crippen LogP) is 4.92. The number of carbonyl (C=O) groups excluding carboxylic acids is 1. The zero-order valence-corrected chi connectivity index (χ0v) is 16.6. The molecule has 28 heavy (non-hydrogen) atoms. The second-order valence-electron chi connectivity index (χ2n) is 6.69. The Bertz CT molecular complexity index is 1000. The van der Waals surface area contributed by atoms with Crippen LogP contribution in [0.25, 0.3) is 22.0 Å². The average Bonchev–Trinajstić information content (AvgIpc) is 3.35. The van der Waals surface area contributed by atoms with Gasteiger partial charge in [-0.05, 0) is 48.2 Å². The van der Waals surface area contributed by atoms with Crippen LogP contribution in [0.15, 0.2) is 42.5 Å². The number of fused-ring (bicyclic) bond motifs is 2. The Hall–Kier alpha value is -2.37. The molecule has 1 atom stereocenters. The van der Waals surface area contributed by atoms with Crippen molar-refractivity contribution < 1.29 is 14.3 Å². The summed E-state index contributed by atoms with van der Waals surface area (Å²) in [6, 6.07) is 13.7. The lowest BCUT2D eigenvalue weighted by atomic mass is 10.0. The standard InChI is InChI=1S/C21H20Cl2N2O3/c22-7-1-2-16(23)11-24-21(26)18-9-15-4-3-13(8-17(15)25-18)14-5-6-19-20(10-14)28-12-27-19/h3-6,8-10,16,25H,1-2,7,11-12H2,(H,24,26)/t16-/m1/s1. The topological polar surface area (TPSA) is 63.4 Å². The van der Waals surface area contributed by atoms with E-state index >= 15 is 0 Å². The number of nitrogens with one attached hydrogen (secondary N) is 2. The molecule has 0 bridgehead atoms. The highest BCUT2D eigenvalue weighted by Crippen LogP contribution is 2.36. The summed E-state index contributed by atoms with van der Waals surface area (Å²) in [7, 11) is 0. The molecular formula is C21H20Cl2N2O3. The van der Waals surface area contributed by atoms with Crippen molar-refractivity contribution in [2.75, 3.05) is 19.2 Å². The first-order chi connectivity index (χ1) is 13.6. The van der Waals surface area contributed by atoms with E-state index in [2.05, 4.69) is 10.3 Å². The molecule has 0 aliphatic carbocycles. The minimum absolute atomic E-state index is 0.121. The average molecular weight is 419 g/mol. The van der Waals surface area contributed by atoms with E-state index in [9.17, 15) is 4.79 Å². The lowest BCUT2D eigenvalue weighted by molar-refractivity contribution is 0.0949. The summed E-state index contributed by atoms with van der Waals surface area (Å²) in [6.07, 6.45) is 1.61. The van der Waals surface area contributed by atoms with Crippen molar-refractivity contribution in [2.45, 2.75) is 18.2 Å². The van der Waals surface area contributed by atoms with Gasteiger partial charge in [0.1, 0.15) is 5.69 Å². The maximum atomic E-state index is 12.4. The van der Waals surface area contributed by atoms with E-state index in [0.717, 1.165) is 46.4 Å². The van der Waals surface area contributed by atoms with Crippen LogP contribution in [0.1, 0.15) is 23.3 Å². The third-order valence-electron chi connectivity index (χ3n) is 4.71. The molecule has 2 heterocycles. The molecule has 4 rings (SSSR count). The summed E-state index contributed by atoms with van der Waals surface area (Å²) in [6.45, 7) is 0.664. The number of ether oxygens (including phenoxy) is 2. The monoisotopic (exact) mass is 418 g/mol. The molecule has 0 spiro atoms. The predicted molar refractivity (Wildman–Crippen MR) is 112 cm³/mol. The van der Waals surface area contributed by atoms with Crippen molar-refractivity contribution in [3.05, 3.63) is 48.2 Å². The molecule has 7 heteroatoms. The minimum atomic E-state index is -0.169. The lowest BCUT2D eigenvalue weighted by Crippen LogP contribution is -2.30. The lowest BCUT2D eigenvalue weighted by Gasteiger charge is -2.09. The normalized spacial score (nSPS) is 13.6. The third kappa shape index (κ3) is 4.05. The summed E-state index contributed by atoms with van der Waals surface area (Å²) >= 11 is 11.9. The van der Waals surface area contributed by atoms with Gasteiger partial charge in [-0.15, -0.1) is 23.2 Å². The zero-order chi connectivity index (χ0) is 19.5. The van der Waals surface area contributed by atoms with Crippen molar-refractivity contribution in [1.82, 2.24) is 10.3 Å². The molecule has 1 amide bonds. The number of benzene rings is 2. The van der Waals surface area contributed by atoms with Crippen LogP contribution in [-0.2, 0) is 0 Å². The van der Waals surface area contributed by atoms with Gasteiger partial charge in [0.25, 0.3) is 5.91 Å². The van der Waals surface area contributed by atoms with Crippen molar-refractivity contribution >= 4 is 40.0 Å². The molecule has 3 aromatic rings. The molecule has 5 nitrogen and oxygen atoms in total. The summed E-state index contributed by atoms with van der Waals surface area (Å²) in [5.74, 6) is 1.91. The molecule has 1 aliphatic heterocycles. The Morgan fingerprint density at radius 1 is 1.11 bits per heavy atom. The van der Waals surface area contributed by atoms with Crippen molar-refractivity contribution in [1.29, 1.82) is 0 Å². The summed E-state index contributed by atoms with van der Waals surface area (Å²) < 4.78 is 10.8. The summed E-state index contributed by atoms with van der Waals surface area (Å²) in [4.78, 5) is 15.6. The summed E-state index contributed by atoms with van der Waals surface area (Å²) in [5, 5.41) is 3.72. The maximum Gasteiger partial charge on any atom is 0.267 e. The number of hydrogen-bond acceptors (Lipinski definition) is 3. The molecule has 1 aromatic heterocycles. The Labute approximate surface area is 172 Å². The molecule has 0 saturated carbocycles. The van der Waals surface area contributed by atoms with Crippen molar-refractivity contribution in [3.63, 3.8) is 0 Å². The van der Waals surface area contributed by atoms with Crippen LogP contribution in [0.4, 0.5) is 0 Å². The SMILES string of the molecule is O=C(NC[C@H](Cl)CCCCl)c1cc2ccc(-c3ccc4c(c3)OCO4)cc2[nH]1. The molecule has 0 unspecified atom stereocenters. The molecule has 2 N–H and O–H groups in total. The van der Waals surface area contributed by atoms with Gasteiger partial charge in [0.2, 0.25) is 6.79 Å². The fourth-order valence-corrected chi connectivity index (χ4v) is 3.59. The van der Waals surface area contributed by atoms with Gasteiger partial charge in [0.05, 0.1) is 5.38 Å². The number of carbonyl (C=O) groups is 1. The number of H-pyrrole nitrogens is 1. The van der Waals surface area contributed by atoms with E-state index in [4.69, 9.17) is 32.7 Å². The second kappa shape index (κ2) is 8.33. The van der Waals surface area contributed by atoms with Crippen molar-refractivity contribution in [2.24, 2.45) is 0 Å². The maximum absolute atomic E-state index is 12.4. The van der Waals surface area contributed by atoms with Gasteiger partial charge >= 0.3 is 0 Å². The largest absolute Gasteiger partial charge is 0.454 e. The van der Waals surface area contributed by atoms with Gasteiger partial charge < -0.3 is 19.8 Å². The number of amides is 1. The molecule has 1 aliphatic rings. The van der Waals surface area contributed by atoms with Crippen LogP contribution < -0.4 is 14.8 Å². The molecule has 0 radical (unpaired) electrons. The number of aromatic amines is 1. The van der Waals surface area contributed by atoms with Crippen LogP contribution in [-0.4, -0.2) is 35.5 Å². The zero-order valence-electron chi connectivity index (χ0n) is 15.1. The van der Waals surface area contributed by atoms with Gasteiger partial charge in [0, 0.05) is 23.3 Å². The highest BCUT2D eigenvalue weighted by Gasteiger charge is 2.15. The number of aromatic nitrogens is 1. The van der Waals surface area contributed by atoms with E-state index in [-0.39, 0.29) is 18.1 Å². The highest BCUT2D eigenvalue weighted by molar-refractivity contribution is 6.21. The highest BCUT2D eigenvalue weighted by atomic mass is 35.5. The first kappa shape index (κ1) is 19.0. The molecule has 2 aromatic carbocycles. The van der Waals surface area contributed by atoms with Crippen LogP contribution >= 0.6 is 23.2 Å². The quantitative estimate of drug-likeness (QED) is 0.535.